The molecule has 0 aliphatic carbocycles. The lowest BCUT2D eigenvalue weighted by molar-refractivity contribution is -0.241. The zero-order chi connectivity index (χ0) is 19.9. The lowest BCUT2D eigenvalue weighted by atomic mass is 9.93. The molecule has 2 heterocycles. The summed E-state index contributed by atoms with van der Waals surface area (Å²) < 4.78 is 25.2. The molecule has 2 aliphatic rings. The number of rotatable bonds is 6. The maximum atomic E-state index is 13.8. The molecule has 7 heteroatoms. The summed E-state index contributed by atoms with van der Waals surface area (Å²) in [6, 6.07) is 13.5. The molecule has 1 saturated heterocycles. The number of methoxy groups -OCH3 is 2. The Labute approximate surface area is 166 Å². The van der Waals surface area contributed by atoms with E-state index in [1.165, 1.54) is 0 Å². The molecule has 0 N–H and O–H groups in total. The third kappa shape index (κ3) is 2.87. The second kappa shape index (κ2) is 7.53. The van der Waals surface area contributed by atoms with E-state index in [2.05, 4.69) is 0 Å². The van der Waals surface area contributed by atoms with E-state index in [-0.39, 0.29) is 17.9 Å². The van der Waals surface area contributed by atoms with Crippen LogP contribution in [0.4, 0.5) is 0 Å². The third-order valence-electron chi connectivity index (χ3n) is 5.59. The third-order valence-corrected chi connectivity index (χ3v) is 8.76. The number of para-hydroxylation sites is 1. The molecule has 0 radical (unpaired) electrons. The van der Waals surface area contributed by atoms with Crippen molar-refractivity contribution in [2.24, 2.45) is 0 Å². The Morgan fingerprint density at radius 3 is 2.43 bits per heavy atom. The number of hydrogen-bond acceptors (Lipinski definition) is 6. The summed E-state index contributed by atoms with van der Waals surface area (Å²) in [4.78, 5) is 13.8. The molecule has 0 aromatic heterocycles. The molecule has 0 saturated carbocycles. The van der Waals surface area contributed by atoms with Crippen LogP contribution in [0.3, 0.4) is 0 Å². The molecule has 28 heavy (non-hydrogen) atoms. The molecule has 2 aromatic rings. The average Bonchev–Trinajstić information content (AvgIpc) is 2.72. The SMILES string of the molecule is CCN(CC)[P+]1([O-])OC2C(c3ccc(OC)c(OC)c3)Oc3ccccc3C21. The van der Waals surface area contributed by atoms with Crippen LogP contribution in [0.1, 0.15) is 36.7 Å². The van der Waals surface area contributed by atoms with Crippen molar-refractivity contribution in [3.8, 4) is 17.2 Å². The van der Waals surface area contributed by atoms with Crippen LogP contribution in [0.5, 0.6) is 17.2 Å². The number of nitrogens with zero attached hydrogens (tertiary/aromatic N) is 1. The molecule has 1 fully saturated rings. The normalized spacial score (nSPS) is 28.0. The van der Waals surface area contributed by atoms with Gasteiger partial charge in [0, 0.05) is 18.7 Å². The standard InChI is InChI=1S/C21H26NO5P/c1-5-22(6-2)28(23)21-15-9-7-8-10-16(15)26-19(20(21)27-28)14-11-12-17(24-3)18(13-14)25-4/h7-13,19-21H,5-6H2,1-4H3. The van der Waals surface area contributed by atoms with Crippen LogP contribution in [0.2, 0.25) is 0 Å². The second-order valence-electron chi connectivity index (χ2n) is 6.91. The van der Waals surface area contributed by atoms with Gasteiger partial charge in [-0.1, -0.05) is 24.3 Å². The van der Waals surface area contributed by atoms with Crippen molar-refractivity contribution < 1.29 is 23.6 Å². The van der Waals surface area contributed by atoms with E-state index in [4.69, 9.17) is 18.7 Å². The number of benzene rings is 2. The van der Waals surface area contributed by atoms with Crippen molar-refractivity contribution in [1.29, 1.82) is 0 Å². The van der Waals surface area contributed by atoms with Crippen molar-refractivity contribution in [1.82, 2.24) is 4.67 Å². The molecule has 0 bridgehead atoms. The van der Waals surface area contributed by atoms with E-state index in [0.29, 0.717) is 24.6 Å². The largest absolute Gasteiger partial charge is 0.640 e. The van der Waals surface area contributed by atoms with Gasteiger partial charge in [0.15, 0.2) is 37.2 Å². The fourth-order valence-electron chi connectivity index (χ4n) is 4.18. The molecule has 150 valence electrons. The first-order valence-corrected chi connectivity index (χ1v) is 11.2. The molecular formula is C21H26NO5P. The van der Waals surface area contributed by atoms with Crippen LogP contribution in [-0.2, 0) is 4.52 Å². The molecule has 4 atom stereocenters. The van der Waals surface area contributed by atoms with Crippen LogP contribution in [0.15, 0.2) is 42.5 Å². The summed E-state index contributed by atoms with van der Waals surface area (Å²) in [5.74, 6) is 2.05. The monoisotopic (exact) mass is 403 g/mol. The van der Waals surface area contributed by atoms with Crippen LogP contribution < -0.4 is 19.1 Å². The van der Waals surface area contributed by atoms with Crippen LogP contribution in [0, 0.1) is 0 Å². The number of ether oxygens (including phenoxy) is 3. The zero-order valence-corrected chi connectivity index (χ0v) is 17.5. The average molecular weight is 403 g/mol. The van der Waals surface area contributed by atoms with E-state index in [1.807, 2.05) is 61.0 Å². The minimum atomic E-state index is -2.96. The zero-order valence-electron chi connectivity index (χ0n) is 16.6. The summed E-state index contributed by atoms with van der Waals surface area (Å²) in [7, 11) is 0.253. The fourth-order valence-corrected chi connectivity index (χ4v) is 7.13. The van der Waals surface area contributed by atoms with Gasteiger partial charge in [0.25, 0.3) is 0 Å². The first-order valence-electron chi connectivity index (χ1n) is 9.58. The Bertz CT molecular complexity index is 858. The quantitative estimate of drug-likeness (QED) is 0.685. The van der Waals surface area contributed by atoms with Gasteiger partial charge in [0.1, 0.15) is 5.75 Å². The molecule has 6 nitrogen and oxygen atoms in total. The molecular weight excluding hydrogens is 377 g/mol. The Morgan fingerprint density at radius 1 is 1.04 bits per heavy atom. The molecule has 4 rings (SSSR count). The Kier molecular flexibility index (Phi) is 5.23. The van der Waals surface area contributed by atoms with Gasteiger partial charge < -0.3 is 19.1 Å². The minimum Gasteiger partial charge on any atom is -0.640 e. The van der Waals surface area contributed by atoms with Crippen molar-refractivity contribution in [3.63, 3.8) is 0 Å². The molecule has 0 amide bonds. The van der Waals surface area contributed by atoms with E-state index in [0.717, 1.165) is 16.9 Å². The molecule has 2 aliphatic heterocycles. The Hall–Kier alpha value is -1.85. The lowest BCUT2D eigenvalue weighted by Crippen LogP contribution is -2.54. The van der Waals surface area contributed by atoms with Crippen molar-refractivity contribution in [3.05, 3.63) is 53.6 Å². The van der Waals surface area contributed by atoms with E-state index in [1.54, 1.807) is 14.2 Å². The van der Waals surface area contributed by atoms with E-state index >= 15 is 0 Å². The smallest absolute Gasteiger partial charge is 0.188 e. The maximum Gasteiger partial charge on any atom is 0.188 e. The van der Waals surface area contributed by atoms with Crippen molar-refractivity contribution >= 4 is 7.87 Å². The lowest BCUT2D eigenvalue weighted by Gasteiger charge is -2.57. The van der Waals surface area contributed by atoms with Gasteiger partial charge in [-0.05, 0) is 37.6 Å². The number of hydrogen-bond donors (Lipinski definition) is 0. The first kappa shape index (κ1) is 19.5. The Balaban J connectivity index is 1.75. The topological polar surface area (TPSA) is 63.2 Å². The van der Waals surface area contributed by atoms with Gasteiger partial charge in [0.2, 0.25) is 0 Å². The first-order chi connectivity index (χ1) is 13.6. The van der Waals surface area contributed by atoms with Crippen LogP contribution in [0.25, 0.3) is 0 Å². The summed E-state index contributed by atoms with van der Waals surface area (Å²) in [6.07, 6.45) is -0.670. The number of fused-ring (bicyclic) bond motifs is 3. The molecule has 0 spiro atoms. The van der Waals surface area contributed by atoms with Gasteiger partial charge in [-0.3, -0.25) is 0 Å². The highest BCUT2D eigenvalue weighted by atomic mass is 31.2. The predicted molar refractivity (Wildman–Crippen MR) is 107 cm³/mol. The highest BCUT2D eigenvalue weighted by Crippen LogP contribution is 2.80. The van der Waals surface area contributed by atoms with Crippen molar-refractivity contribution in [2.45, 2.75) is 31.7 Å². The summed E-state index contributed by atoms with van der Waals surface area (Å²) >= 11 is 0. The molecule has 2 aromatic carbocycles. The minimum absolute atomic E-state index is 0.199. The van der Waals surface area contributed by atoms with E-state index < -0.39 is 7.87 Å². The van der Waals surface area contributed by atoms with Gasteiger partial charge in [0.05, 0.1) is 14.2 Å². The van der Waals surface area contributed by atoms with Crippen LogP contribution >= 0.6 is 7.87 Å². The Morgan fingerprint density at radius 2 is 1.75 bits per heavy atom. The van der Waals surface area contributed by atoms with Gasteiger partial charge in [-0.15, -0.1) is 0 Å². The van der Waals surface area contributed by atoms with Gasteiger partial charge >= 0.3 is 0 Å². The van der Waals surface area contributed by atoms with Gasteiger partial charge in [-0.25, -0.2) is 4.52 Å². The summed E-state index contributed by atoms with van der Waals surface area (Å²) in [5.41, 5.74) is 1.68. The summed E-state index contributed by atoms with van der Waals surface area (Å²) in [5, 5.41) is 0. The van der Waals surface area contributed by atoms with E-state index in [9.17, 15) is 4.89 Å². The van der Waals surface area contributed by atoms with Crippen molar-refractivity contribution in [2.75, 3.05) is 27.3 Å². The van der Waals surface area contributed by atoms with Gasteiger partial charge in [-0.2, -0.15) is 4.67 Å². The highest BCUT2D eigenvalue weighted by molar-refractivity contribution is 7.63. The molecule has 4 unspecified atom stereocenters. The predicted octanol–water partition coefficient (Wildman–Crippen LogP) is 3.74. The highest BCUT2D eigenvalue weighted by Gasteiger charge is 2.67. The second-order valence-corrected chi connectivity index (χ2v) is 9.37. The van der Waals surface area contributed by atoms with Crippen LogP contribution in [-0.4, -0.2) is 38.1 Å². The summed E-state index contributed by atoms with van der Waals surface area (Å²) in [6.45, 7) is 5.38. The fraction of sp³-hybridized carbons (Fsp3) is 0.429. The maximum absolute atomic E-state index is 13.8.